The fourth-order valence-electron chi connectivity index (χ4n) is 1.69. The maximum atomic E-state index is 4.44. The molecule has 0 aliphatic carbocycles. The molecule has 0 heterocycles. The summed E-state index contributed by atoms with van der Waals surface area (Å²) in [7, 11) is 0. The van der Waals surface area contributed by atoms with E-state index in [4.69, 9.17) is 0 Å². The van der Waals surface area contributed by atoms with Gasteiger partial charge in [-0.2, -0.15) is 0 Å². The van der Waals surface area contributed by atoms with Crippen molar-refractivity contribution in [3.05, 3.63) is 42.0 Å². The Hall–Kier alpha value is -0.690. The first-order valence-electron chi connectivity index (χ1n) is 5.69. The van der Waals surface area contributed by atoms with Crippen LogP contribution in [0.25, 0.3) is 0 Å². The first-order chi connectivity index (χ1) is 7.27. The second kappa shape index (κ2) is 6.73. The predicted octanol–water partition coefficient (Wildman–Crippen LogP) is 4.44. The minimum atomic E-state index is 0.917. The molecule has 1 heteroatoms. The fourth-order valence-corrected chi connectivity index (χ4v) is 1.92. The second-order valence-corrected chi connectivity index (χ2v) is 4.39. The van der Waals surface area contributed by atoms with E-state index in [0.717, 1.165) is 11.3 Å². The van der Waals surface area contributed by atoms with E-state index in [1.54, 1.807) is 0 Å². The van der Waals surface area contributed by atoms with Crippen LogP contribution in [0, 0.1) is 0 Å². The van der Waals surface area contributed by atoms with Gasteiger partial charge in [0.2, 0.25) is 0 Å². The van der Waals surface area contributed by atoms with Crippen LogP contribution in [-0.2, 0) is 12.8 Å². The molecule has 0 radical (unpaired) electrons. The largest absolute Gasteiger partial charge is 0.143 e. The van der Waals surface area contributed by atoms with E-state index in [0.29, 0.717) is 0 Å². The number of benzene rings is 1. The van der Waals surface area contributed by atoms with Crippen molar-refractivity contribution in [2.45, 2.75) is 43.9 Å². The Balaban J connectivity index is 2.65. The molecule has 0 saturated heterocycles. The molecule has 0 saturated carbocycles. The van der Waals surface area contributed by atoms with Gasteiger partial charge in [0.15, 0.2) is 0 Å². The van der Waals surface area contributed by atoms with Crippen LogP contribution < -0.4 is 0 Å². The van der Waals surface area contributed by atoms with Crippen molar-refractivity contribution in [3.8, 4) is 0 Å². The van der Waals surface area contributed by atoms with Gasteiger partial charge < -0.3 is 0 Å². The molecule has 0 aliphatic heterocycles. The highest BCUT2D eigenvalue weighted by Gasteiger charge is 1.99. The Morgan fingerprint density at radius 2 is 2.13 bits per heavy atom. The molecule has 1 aromatic carbocycles. The standard InChI is InChI=1S/C14H20S/c1-3-5-6-8-12-9-10-14(15)13(11-12)7-4-2/h4,9-11,15H,2-3,5-8H2,1H3. The first kappa shape index (κ1) is 12.4. The van der Waals surface area contributed by atoms with Crippen LogP contribution in [0.15, 0.2) is 35.7 Å². The molecule has 0 spiro atoms. The van der Waals surface area contributed by atoms with Crippen molar-refractivity contribution < 1.29 is 0 Å². The van der Waals surface area contributed by atoms with E-state index in [2.05, 4.69) is 44.3 Å². The minimum absolute atomic E-state index is 0.917. The third kappa shape index (κ3) is 4.13. The summed E-state index contributed by atoms with van der Waals surface area (Å²) in [6.07, 6.45) is 7.93. The van der Waals surface area contributed by atoms with E-state index < -0.39 is 0 Å². The van der Waals surface area contributed by atoms with Crippen molar-refractivity contribution >= 4 is 12.6 Å². The molecule has 0 aliphatic rings. The Labute approximate surface area is 98.8 Å². The van der Waals surface area contributed by atoms with Gasteiger partial charge in [0.05, 0.1) is 0 Å². The molecule has 0 bridgehead atoms. The smallest absolute Gasteiger partial charge is 0.00753 e. The highest BCUT2D eigenvalue weighted by atomic mass is 32.1. The monoisotopic (exact) mass is 220 g/mol. The van der Waals surface area contributed by atoms with Crippen LogP contribution in [0.2, 0.25) is 0 Å². The Bertz CT molecular complexity index is 315. The van der Waals surface area contributed by atoms with Crippen LogP contribution in [0.4, 0.5) is 0 Å². The quantitative estimate of drug-likeness (QED) is 0.409. The van der Waals surface area contributed by atoms with E-state index in [1.807, 2.05) is 6.08 Å². The summed E-state index contributed by atoms with van der Waals surface area (Å²) in [6.45, 7) is 6.00. The lowest BCUT2D eigenvalue weighted by molar-refractivity contribution is 0.716. The van der Waals surface area contributed by atoms with Gasteiger partial charge in [0, 0.05) is 4.90 Å². The zero-order valence-electron chi connectivity index (χ0n) is 9.50. The average Bonchev–Trinajstić information content (AvgIpc) is 2.23. The summed E-state index contributed by atoms with van der Waals surface area (Å²) in [5, 5.41) is 0. The maximum Gasteiger partial charge on any atom is 0.00753 e. The third-order valence-electron chi connectivity index (χ3n) is 2.58. The highest BCUT2D eigenvalue weighted by molar-refractivity contribution is 7.80. The molecule has 15 heavy (non-hydrogen) atoms. The van der Waals surface area contributed by atoms with Gasteiger partial charge in [-0.15, -0.1) is 19.2 Å². The lowest BCUT2D eigenvalue weighted by atomic mass is 10.0. The summed E-state index contributed by atoms with van der Waals surface area (Å²) in [5.74, 6) is 0. The molecule has 1 aromatic rings. The predicted molar refractivity (Wildman–Crippen MR) is 70.8 cm³/mol. The second-order valence-electron chi connectivity index (χ2n) is 3.91. The number of hydrogen-bond donors (Lipinski definition) is 1. The zero-order chi connectivity index (χ0) is 11.1. The summed E-state index contributed by atoms with van der Waals surface area (Å²) < 4.78 is 0. The van der Waals surface area contributed by atoms with Crippen molar-refractivity contribution in [2.75, 3.05) is 0 Å². The third-order valence-corrected chi connectivity index (χ3v) is 3.01. The lowest BCUT2D eigenvalue weighted by Crippen LogP contribution is -1.90. The molecule has 0 atom stereocenters. The first-order valence-corrected chi connectivity index (χ1v) is 6.14. The summed E-state index contributed by atoms with van der Waals surface area (Å²) in [4.78, 5) is 1.08. The van der Waals surface area contributed by atoms with Crippen LogP contribution in [0.5, 0.6) is 0 Å². The van der Waals surface area contributed by atoms with Crippen LogP contribution >= 0.6 is 12.6 Å². The number of thiol groups is 1. The SMILES string of the molecule is C=CCc1cc(CCCCC)ccc1S. The summed E-state index contributed by atoms with van der Waals surface area (Å²) >= 11 is 4.44. The van der Waals surface area contributed by atoms with Crippen molar-refractivity contribution in [2.24, 2.45) is 0 Å². The average molecular weight is 220 g/mol. The molecule has 0 amide bonds. The Morgan fingerprint density at radius 3 is 2.80 bits per heavy atom. The molecule has 0 aromatic heterocycles. The lowest BCUT2D eigenvalue weighted by Gasteiger charge is -2.06. The van der Waals surface area contributed by atoms with Gasteiger partial charge in [-0.1, -0.05) is 38.0 Å². The number of rotatable bonds is 6. The van der Waals surface area contributed by atoms with Crippen LogP contribution in [-0.4, -0.2) is 0 Å². The normalized spacial score (nSPS) is 10.3. The zero-order valence-corrected chi connectivity index (χ0v) is 10.4. The number of unbranched alkanes of at least 4 members (excludes halogenated alkanes) is 2. The molecule has 0 nitrogen and oxygen atoms in total. The van der Waals surface area contributed by atoms with Crippen LogP contribution in [0.1, 0.15) is 37.3 Å². The van der Waals surface area contributed by atoms with Gasteiger partial charge in [-0.3, -0.25) is 0 Å². The van der Waals surface area contributed by atoms with Crippen LogP contribution in [0.3, 0.4) is 0 Å². The van der Waals surface area contributed by atoms with Gasteiger partial charge in [-0.25, -0.2) is 0 Å². The molecule has 82 valence electrons. The molecular formula is C14H20S. The van der Waals surface area contributed by atoms with E-state index in [9.17, 15) is 0 Å². The molecule has 0 unspecified atom stereocenters. The number of aryl methyl sites for hydroxylation is 1. The summed E-state index contributed by atoms with van der Waals surface area (Å²) in [5.41, 5.74) is 2.72. The van der Waals surface area contributed by atoms with E-state index in [-0.39, 0.29) is 0 Å². The molecule has 0 fully saturated rings. The molecule has 0 N–H and O–H groups in total. The molecule has 1 rings (SSSR count). The van der Waals surface area contributed by atoms with Gasteiger partial charge in [0.25, 0.3) is 0 Å². The van der Waals surface area contributed by atoms with Gasteiger partial charge in [0.1, 0.15) is 0 Å². The topological polar surface area (TPSA) is 0 Å². The van der Waals surface area contributed by atoms with Gasteiger partial charge >= 0.3 is 0 Å². The number of hydrogen-bond acceptors (Lipinski definition) is 1. The maximum absolute atomic E-state index is 4.44. The van der Waals surface area contributed by atoms with Gasteiger partial charge in [-0.05, 0) is 36.5 Å². The van der Waals surface area contributed by atoms with Crippen molar-refractivity contribution in [1.82, 2.24) is 0 Å². The number of allylic oxidation sites excluding steroid dienone is 1. The Morgan fingerprint density at radius 1 is 1.33 bits per heavy atom. The fraction of sp³-hybridized carbons (Fsp3) is 0.429. The molecular weight excluding hydrogens is 200 g/mol. The highest BCUT2D eigenvalue weighted by Crippen LogP contribution is 2.18. The van der Waals surface area contributed by atoms with Crippen molar-refractivity contribution in [1.29, 1.82) is 0 Å². The minimum Gasteiger partial charge on any atom is -0.143 e. The summed E-state index contributed by atoms with van der Waals surface area (Å²) in [6, 6.07) is 6.55. The van der Waals surface area contributed by atoms with E-state index >= 15 is 0 Å². The van der Waals surface area contributed by atoms with E-state index in [1.165, 1.54) is 36.8 Å². The Kier molecular flexibility index (Phi) is 5.56. The van der Waals surface area contributed by atoms with Crippen molar-refractivity contribution in [3.63, 3.8) is 0 Å².